The van der Waals surface area contributed by atoms with Gasteiger partial charge in [-0.2, -0.15) is 0 Å². The first kappa shape index (κ1) is 11.9. The third kappa shape index (κ3) is 2.45. The van der Waals surface area contributed by atoms with Gasteiger partial charge in [0.1, 0.15) is 17.7 Å². The highest BCUT2D eigenvalue weighted by atomic mass is 19.3. The number of benzene rings is 1. The van der Waals surface area contributed by atoms with Crippen molar-refractivity contribution < 1.29 is 22.7 Å². The van der Waals surface area contributed by atoms with Crippen LogP contribution in [0.3, 0.4) is 0 Å². The molecule has 0 saturated carbocycles. The van der Waals surface area contributed by atoms with Crippen molar-refractivity contribution in [2.24, 2.45) is 5.73 Å². The summed E-state index contributed by atoms with van der Waals surface area (Å²) in [5.74, 6) is -5.69. The zero-order valence-corrected chi connectivity index (χ0v) is 7.55. The highest BCUT2D eigenvalue weighted by Crippen LogP contribution is 2.31. The van der Waals surface area contributed by atoms with E-state index in [0.717, 1.165) is 6.07 Å². The molecule has 0 radical (unpaired) electrons. The van der Waals surface area contributed by atoms with Crippen LogP contribution in [0.1, 0.15) is 11.7 Å². The molecule has 2 nitrogen and oxygen atoms in total. The summed E-state index contributed by atoms with van der Waals surface area (Å²) in [7, 11) is 0. The molecule has 0 amide bonds. The van der Waals surface area contributed by atoms with E-state index in [-0.39, 0.29) is 0 Å². The van der Waals surface area contributed by atoms with E-state index in [9.17, 15) is 17.6 Å². The summed E-state index contributed by atoms with van der Waals surface area (Å²) in [6.07, 6.45) is -2.45. The van der Waals surface area contributed by atoms with E-state index in [1.165, 1.54) is 0 Å². The molecular weight excluding hydrogens is 214 g/mol. The summed E-state index contributed by atoms with van der Waals surface area (Å²) >= 11 is 0. The summed E-state index contributed by atoms with van der Waals surface area (Å²) in [5, 5.41) is 9.12. The number of rotatable bonds is 3. The van der Waals surface area contributed by atoms with Gasteiger partial charge in [0, 0.05) is 5.56 Å². The molecule has 0 spiro atoms. The van der Waals surface area contributed by atoms with Gasteiger partial charge in [-0.15, -0.1) is 0 Å². The maximum absolute atomic E-state index is 13.0. The van der Waals surface area contributed by atoms with Gasteiger partial charge in [-0.1, -0.05) is 0 Å². The molecule has 0 aliphatic rings. The Morgan fingerprint density at radius 3 is 2.47 bits per heavy atom. The van der Waals surface area contributed by atoms with Gasteiger partial charge in [0.15, 0.2) is 0 Å². The summed E-state index contributed by atoms with van der Waals surface area (Å²) in [6, 6.07) is 1.95. The molecule has 1 unspecified atom stereocenters. The van der Waals surface area contributed by atoms with Crippen LogP contribution in [-0.2, 0) is 0 Å². The lowest BCUT2D eigenvalue weighted by atomic mass is 10.0. The van der Waals surface area contributed by atoms with Crippen LogP contribution in [-0.4, -0.2) is 17.6 Å². The molecule has 1 aromatic carbocycles. The normalized spacial score (nSPS) is 14.0. The van der Waals surface area contributed by atoms with Crippen molar-refractivity contribution in [2.75, 3.05) is 6.54 Å². The van der Waals surface area contributed by atoms with Gasteiger partial charge < -0.3 is 10.8 Å². The van der Waals surface area contributed by atoms with Gasteiger partial charge in [-0.3, -0.25) is 0 Å². The third-order valence-electron chi connectivity index (χ3n) is 1.92. The number of halogens is 4. The van der Waals surface area contributed by atoms with E-state index in [2.05, 4.69) is 0 Å². The average molecular weight is 223 g/mol. The lowest BCUT2D eigenvalue weighted by molar-refractivity contribution is -0.104. The average Bonchev–Trinajstić information content (AvgIpc) is 2.20. The molecule has 0 aliphatic heterocycles. The molecule has 15 heavy (non-hydrogen) atoms. The number of aliphatic hydroxyl groups is 1. The highest BCUT2D eigenvalue weighted by Gasteiger charge is 2.39. The fourth-order valence-electron chi connectivity index (χ4n) is 1.06. The van der Waals surface area contributed by atoms with Crippen LogP contribution in [0.5, 0.6) is 0 Å². The molecule has 0 fully saturated rings. The fourth-order valence-corrected chi connectivity index (χ4v) is 1.06. The van der Waals surface area contributed by atoms with Crippen LogP contribution in [0.25, 0.3) is 0 Å². The lowest BCUT2D eigenvalue weighted by Crippen LogP contribution is -2.35. The first-order valence-corrected chi connectivity index (χ1v) is 4.09. The second-order valence-electron chi connectivity index (χ2n) is 3.03. The molecule has 6 heteroatoms. The molecule has 0 bridgehead atoms. The second-order valence-corrected chi connectivity index (χ2v) is 3.03. The van der Waals surface area contributed by atoms with E-state index < -0.39 is 35.8 Å². The Bertz CT molecular complexity index is 356. The van der Waals surface area contributed by atoms with Crippen molar-refractivity contribution in [3.8, 4) is 0 Å². The maximum atomic E-state index is 13.0. The zero-order valence-electron chi connectivity index (χ0n) is 7.55. The van der Waals surface area contributed by atoms with E-state index >= 15 is 0 Å². The highest BCUT2D eigenvalue weighted by molar-refractivity contribution is 5.22. The number of hydrogen-bond donors (Lipinski definition) is 2. The Hall–Kier alpha value is -1.14. The van der Waals surface area contributed by atoms with Crippen LogP contribution >= 0.6 is 0 Å². The summed E-state index contributed by atoms with van der Waals surface area (Å²) in [4.78, 5) is 0. The Morgan fingerprint density at radius 1 is 1.33 bits per heavy atom. The number of nitrogens with two attached hydrogens (primary N) is 1. The minimum Gasteiger partial charge on any atom is -0.382 e. The second kappa shape index (κ2) is 4.16. The number of hydrogen-bond acceptors (Lipinski definition) is 2. The number of aliphatic hydroxyl groups excluding tert-OH is 1. The summed E-state index contributed by atoms with van der Waals surface area (Å²) in [5.41, 5.74) is 3.91. The van der Waals surface area contributed by atoms with Gasteiger partial charge in [0.2, 0.25) is 0 Å². The van der Waals surface area contributed by atoms with Crippen molar-refractivity contribution in [3.05, 3.63) is 35.4 Å². The van der Waals surface area contributed by atoms with E-state index in [0.29, 0.717) is 12.1 Å². The van der Waals surface area contributed by atoms with Crippen LogP contribution in [0, 0.1) is 11.6 Å². The largest absolute Gasteiger partial charge is 0.382 e. The SMILES string of the molecule is NCC(F)(F)C(O)c1cc(F)ccc1F. The molecular formula is C9H9F4NO. The molecule has 0 aromatic heterocycles. The zero-order chi connectivity index (χ0) is 11.6. The van der Waals surface area contributed by atoms with Gasteiger partial charge >= 0.3 is 0 Å². The van der Waals surface area contributed by atoms with E-state index in [1.807, 2.05) is 0 Å². The minimum absolute atomic E-state index is 0.517. The smallest absolute Gasteiger partial charge is 0.289 e. The molecule has 0 saturated heterocycles. The van der Waals surface area contributed by atoms with Gasteiger partial charge in [-0.25, -0.2) is 17.6 Å². The summed E-state index contributed by atoms with van der Waals surface area (Å²) in [6.45, 7) is -1.15. The van der Waals surface area contributed by atoms with Crippen LogP contribution < -0.4 is 5.73 Å². The van der Waals surface area contributed by atoms with Gasteiger partial charge in [0.05, 0.1) is 6.54 Å². The van der Waals surface area contributed by atoms with Gasteiger partial charge in [-0.05, 0) is 18.2 Å². The lowest BCUT2D eigenvalue weighted by Gasteiger charge is -2.21. The van der Waals surface area contributed by atoms with Crippen molar-refractivity contribution in [1.82, 2.24) is 0 Å². The first-order chi connectivity index (χ1) is 6.88. The Labute approximate surface area is 83.3 Å². The third-order valence-corrected chi connectivity index (χ3v) is 1.92. The topological polar surface area (TPSA) is 46.2 Å². The van der Waals surface area contributed by atoms with Crippen LogP contribution in [0.15, 0.2) is 18.2 Å². The van der Waals surface area contributed by atoms with Crippen LogP contribution in [0.2, 0.25) is 0 Å². The van der Waals surface area contributed by atoms with Crippen molar-refractivity contribution >= 4 is 0 Å². The Morgan fingerprint density at radius 2 is 1.93 bits per heavy atom. The predicted molar refractivity (Wildman–Crippen MR) is 45.3 cm³/mol. The Balaban J connectivity index is 3.10. The van der Waals surface area contributed by atoms with E-state index in [1.54, 1.807) is 0 Å². The molecule has 84 valence electrons. The predicted octanol–water partition coefficient (Wildman–Crippen LogP) is 1.59. The number of alkyl halides is 2. The fraction of sp³-hybridized carbons (Fsp3) is 0.333. The molecule has 0 heterocycles. The first-order valence-electron chi connectivity index (χ1n) is 4.09. The van der Waals surface area contributed by atoms with Crippen molar-refractivity contribution in [1.29, 1.82) is 0 Å². The van der Waals surface area contributed by atoms with Gasteiger partial charge in [0.25, 0.3) is 5.92 Å². The molecule has 1 rings (SSSR count). The molecule has 1 atom stereocenters. The maximum Gasteiger partial charge on any atom is 0.289 e. The minimum atomic E-state index is -3.69. The molecule has 0 aliphatic carbocycles. The summed E-state index contributed by atoms with van der Waals surface area (Å²) < 4.78 is 51.4. The molecule has 1 aromatic rings. The molecule has 3 N–H and O–H groups in total. The van der Waals surface area contributed by atoms with E-state index in [4.69, 9.17) is 10.8 Å². The quantitative estimate of drug-likeness (QED) is 0.764. The monoisotopic (exact) mass is 223 g/mol. The van der Waals surface area contributed by atoms with Crippen molar-refractivity contribution in [3.63, 3.8) is 0 Å². The standard InChI is InChI=1S/C9H9F4NO/c10-5-1-2-7(11)6(3-5)8(15)9(12,13)4-14/h1-3,8,15H,4,14H2. The Kier molecular flexibility index (Phi) is 3.31. The van der Waals surface area contributed by atoms with Crippen molar-refractivity contribution in [2.45, 2.75) is 12.0 Å². The van der Waals surface area contributed by atoms with Crippen LogP contribution in [0.4, 0.5) is 17.6 Å².